The average Bonchev–Trinajstić information content (AvgIpc) is 2.86. The van der Waals surface area contributed by atoms with Crippen molar-refractivity contribution < 1.29 is 14.3 Å². The second-order valence-electron chi connectivity index (χ2n) is 8.40. The number of hydrogen-bond acceptors (Lipinski definition) is 6. The van der Waals surface area contributed by atoms with Crippen molar-refractivity contribution in [3.8, 4) is 5.75 Å². The number of methoxy groups -OCH3 is 2. The van der Waals surface area contributed by atoms with Gasteiger partial charge in [-0.25, -0.2) is 0 Å². The highest BCUT2D eigenvalue weighted by Crippen LogP contribution is 2.21. The summed E-state index contributed by atoms with van der Waals surface area (Å²) in [6.45, 7) is 10.8. The smallest absolute Gasteiger partial charge is 0.308 e. The van der Waals surface area contributed by atoms with E-state index in [4.69, 9.17) is 14.5 Å². The van der Waals surface area contributed by atoms with Gasteiger partial charge in [0.15, 0.2) is 5.96 Å². The number of carbonyl (C=O) groups excluding carboxylic acids is 1. The lowest BCUT2D eigenvalue weighted by Crippen LogP contribution is -2.47. The fourth-order valence-electron chi connectivity index (χ4n) is 4.42. The highest BCUT2D eigenvalue weighted by molar-refractivity contribution is 14.0. The molecule has 0 aromatic heterocycles. The molecule has 0 atom stereocenters. The summed E-state index contributed by atoms with van der Waals surface area (Å²) in [5.41, 5.74) is 1.27. The summed E-state index contributed by atoms with van der Waals surface area (Å²) in [6, 6.07) is 8.33. The van der Waals surface area contributed by atoms with Gasteiger partial charge in [-0.05, 0) is 50.5 Å². The lowest BCUT2D eigenvalue weighted by molar-refractivity contribution is -0.146. The van der Waals surface area contributed by atoms with Crippen molar-refractivity contribution in [1.82, 2.24) is 15.1 Å². The zero-order chi connectivity index (χ0) is 22.8. The summed E-state index contributed by atoms with van der Waals surface area (Å²) >= 11 is 0. The Hall–Kier alpha value is -1.75. The van der Waals surface area contributed by atoms with Gasteiger partial charge in [-0.15, -0.1) is 24.0 Å². The quantitative estimate of drug-likeness (QED) is 0.169. The summed E-state index contributed by atoms with van der Waals surface area (Å²) in [4.78, 5) is 23.9. The Kier molecular flexibility index (Phi) is 12.1. The number of hydrogen-bond donors (Lipinski definition) is 1. The number of nitrogens with zero attached hydrogens (tertiary/aromatic N) is 4. The molecule has 1 aromatic carbocycles. The molecule has 2 aliphatic rings. The number of aliphatic imine (C=N–C) groups is 1. The average molecular weight is 574 g/mol. The number of anilines is 1. The van der Waals surface area contributed by atoms with Gasteiger partial charge in [0.1, 0.15) is 5.75 Å². The van der Waals surface area contributed by atoms with E-state index >= 15 is 0 Å². The van der Waals surface area contributed by atoms with Gasteiger partial charge < -0.3 is 24.6 Å². The third kappa shape index (κ3) is 8.20. The zero-order valence-corrected chi connectivity index (χ0v) is 22.6. The zero-order valence-electron chi connectivity index (χ0n) is 20.3. The number of ether oxygens (including phenoxy) is 2. The van der Waals surface area contributed by atoms with Crippen molar-refractivity contribution in [3.05, 3.63) is 24.3 Å². The van der Waals surface area contributed by atoms with Crippen LogP contribution in [0.2, 0.25) is 0 Å². The highest BCUT2D eigenvalue weighted by atomic mass is 127. The summed E-state index contributed by atoms with van der Waals surface area (Å²) in [6.07, 6.45) is 2.71. The lowest BCUT2D eigenvalue weighted by atomic mass is 9.97. The van der Waals surface area contributed by atoms with Crippen molar-refractivity contribution in [2.24, 2.45) is 10.9 Å². The standard InChI is InChI=1S/C24H39N5O3.HI/c1-4-25-24(29-14-10-20(11-15-29)23(30)32-3)26-12-5-13-27-16-18-28(19-17-27)21-6-8-22(31-2)9-7-21;/h6-9,20H,4-5,10-19H2,1-3H3,(H,25,26);1H. The number of piperidine rings is 1. The topological polar surface area (TPSA) is 69.6 Å². The minimum Gasteiger partial charge on any atom is -0.497 e. The maximum Gasteiger partial charge on any atom is 0.308 e. The third-order valence-corrected chi connectivity index (χ3v) is 6.37. The van der Waals surface area contributed by atoms with Crippen molar-refractivity contribution in [2.45, 2.75) is 26.2 Å². The molecule has 0 bridgehead atoms. The number of guanidine groups is 1. The SMILES string of the molecule is CCNC(=NCCCN1CCN(c2ccc(OC)cc2)CC1)N1CCC(C(=O)OC)CC1.I. The van der Waals surface area contributed by atoms with Crippen molar-refractivity contribution in [1.29, 1.82) is 0 Å². The number of rotatable bonds is 8. The first kappa shape index (κ1) is 27.5. The van der Waals surface area contributed by atoms with Crippen molar-refractivity contribution in [3.63, 3.8) is 0 Å². The van der Waals surface area contributed by atoms with E-state index in [0.29, 0.717) is 0 Å². The number of carbonyl (C=O) groups is 1. The van der Waals surface area contributed by atoms with Gasteiger partial charge in [-0.2, -0.15) is 0 Å². The molecule has 1 aromatic rings. The van der Waals surface area contributed by atoms with Gasteiger partial charge in [0.25, 0.3) is 0 Å². The number of piperazine rings is 1. The van der Waals surface area contributed by atoms with Crippen LogP contribution in [0.3, 0.4) is 0 Å². The second kappa shape index (κ2) is 14.5. The second-order valence-corrected chi connectivity index (χ2v) is 8.40. The van der Waals surface area contributed by atoms with Gasteiger partial charge in [0.2, 0.25) is 0 Å². The number of benzene rings is 1. The molecule has 0 aliphatic carbocycles. The van der Waals surface area contributed by atoms with Crippen molar-refractivity contribution >= 4 is 41.6 Å². The molecule has 1 N–H and O–H groups in total. The predicted octanol–water partition coefficient (Wildman–Crippen LogP) is 2.68. The molecule has 9 heteroatoms. The van der Waals surface area contributed by atoms with Crippen LogP contribution in [-0.4, -0.2) is 94.9 Å². The number of halogens is 1. The van der Waals surface area contributed by atoms with E-state index < -0.39 is 0 Å². The molecule has 2 fully saturated rings. The molecule has 2 heterocycles. The minimum atomic E-state index is -0.0846. The van der Waals surface area contributed by atoms with E-state index in [1.54, 1.807) is 7.11 Å². The van der Waals surface area contributed by atoms with Crippen LogP contribution in [0.4, 0.5) is 5.69 Å². The first-order chi connectivity index (χ1) is 15.6. The van der Waals surface area contributed by atoms with Crippen LogP contribution < -0.4 is 15.0 Å². The molecule has 0 saturated carbocycles. The molecular weight excluding hydrogens is 533 g/mol. The summed E-state index contributed by atoms with van der Waals surface area (Å²) < 4.78 is 10.1. The summed E-state index contributed by atoms with van der Waals surface area (Å²) in [5, 5.41) is 3.41. The molecule has 0 amide bonds. The van der Waals surface area contributed by atoms with E-state index in [1.165, 1.54) is 12.8 Å². The minimum absolute atomic E-state index is 0. The molecule has 2 saturated heterocycles. The van der Waals surface area contributed by atoms with Crippen LogP contribution in [0.15, 0.2) is 29.3 Å². The molecule has 186 valence electrons. The Morgan fingerprint density at radius 3 is 2.30 bits per heavy atom. The monoisotopic (exact) mass is 573 g/mol. The number of nitrogens with one attached hydrogen (secondary N) is 1. The molecule has 33 heavy (non-hydrogen) atoms. The maximum atomic E-state index is 11.8. The van der Waals surface area contributed by atoms with Crippen LogP contribution in [-0.2, 0) is 9.53 Å². The van der Waals surface area contributed by atoms with Gasteiger partial charge in [0.05, 0.1) is 20.1 Å². The molecule has 2 aliphatic heterocycles. The summed E-state index contributed by atoms with van der Waals surface area (Å²) in [5.74, 6) is 1.81. The number of likely N-dealkylation sites (tertiary alicyclic amines) is 1. The van der Waals surface area contributed by atoms with Crippen LogP contribution in [0.25, 0.3) is 0 Å². The fourth-order valence-corrected chi connectivity index (χ4v) is 4.42. The molecule has 0 radical (unpaired) electrons. The van der Waals surface area contributed by atoms with Crippen LogP contribution in [0.1, 0.15) is 26.2 Å². The van der Waals surface area contributed by atoms with Gasteiger partial charge in [-0.1, -0.05) is 0 Å². The van der Waals surface area contributed by atoms with Crippen LogP contribution in [0, 0.1) is 5.92 Å². The largest absolute Gasteiger partial charge is 0.497 e. The van der Waals surface area contributed by atoms with Gasteiger partial charge in [0, 0.05) is 64.6 Å². The Morgan fingerprint density at radius 2 is 1.73 bits per heavy atom. The number of esters is 1. The normalized spacial score (nSPS) is 18.0. The molecule has 0 unspecified atom stereocenters. The molecule has 0 spiro atoms. The Bertz CT molecular complexity index is 730. The van der Waals surface area contributed by atoms with Gasteiger partial charge in [-0.3, -0.25) is 14.7 Å². The highest BCUT2D eigenvalue weighted by Gasteiger charge is 2.27. The molecule has 3 rings (SSSR count). The molecular formula is C24H40IN5O3. The van der Waals surface area contributed by atoms with Crippen LogP contribution >= 0.6 is 24.0 Å². The van der Waals surface area contributed by atoms with E-state index in [0.717, 1.165) is 89.9 Å². The van der Waals surface area contributed by atoms with Crippen molar-refractivity contribution in [2.75, 3.05) is 78.0 Å². The maximum absolute atomic E-state index is 11.8. The fraction of sp³-hybridized carbons (Fsp3) is 0.667. The Balaban J connectivity index is 0.00000385. The summed E-state index contributed by atoms with van der Waals surface area (Å²) in [7, 11) is 3.17. The predicted molar refractivity (Wildman–Crippen MR) is 144 cm³/mol. The van der Waals surface area contributed by atoms with E-state index in [1.807, 2.05) is 12.1 Å². The Labute approximate surface area is 215 Å². The van der Waals surface area contributed by atoms with E-state index in [-0.39, 0.29) is 35.9 Å². The molecule has 8 nitrogen and oxygen atoms in total. The third-order valence-electron chi connectivity index (χ3n) is 6.37. The lowest BCUT2D eigenvalue weighted by Gasteiger charge is -2.36. The Morgan fingerprint density at radius 1 is 1.06 bits per heavy atom. The van der Waals surface area contributed by atoms with Crippen LogP contribution in [0.5, 0.6) is 5.75 Å². The first-order valence-corrected chi connectivity index (χ1v) is 11.9. The first-order valence-electron chi connectivity index (χ1n) is 11.9. The van der Waals surface area contributed by atoms with E-state index in [9.17, 15) is 4.79 Å². The van der Waals surface area contributed by atoms with E-state index in [2.05, 4.69) is 39.1 Å². The van der Waals surface area contributed by atoms with Gasteiger partial charge >= 0.3 is 5.97 Å².